The Morgan fingerprint density at radius 2 is 1.62 bits per heavy atom. The van der Waals surface area contributed by atoms with E-state index in [4.69, 9.17) is 4.74 Å². The maximum Gasteiger partial charge on any atom is 0.274 e. The first kappa shape index (κ1) is 17.5. The Kier molecular flexibility index (Phi) is 5.49. The van der Waals surface area contributed by atoms with E-state index in [1.165, 1.54) is 0 Å². The molecule has 1 heterocycles. The topological polar surface area (TPSA) is 63.2 Å². The molecule has 0 fully saturated rings. The molecule has 3 aromatic rings. The van der Waals surface area contributed by atoms with E-state index in [-0.39, 0.29) is 11.9 Å². The van der Waals surface area contributed by atoms with Crippen LogP contribution in [0.3, 0.4) is 0 Å². The molecule has 0 aliphatic rings. The van der Waals surface area contributed by atoms with Gasteiger partial charge in [-0.2, -0.15) is 0 Å². The monoisotopic (exact) mass is 347 g/mol. The van der Waals surface area contributed by atoms with Crippen molar-refractivity contribution in [3.8, 4) is 11.5 Å². The average molecular weight is 347 g/mol. The summed E-state index contributed by atoms with van der Waals surface area (Å²) in [5.74, 6) is 1.22. The number of pyridine rings is 1. The minimum atomic E-state index is -0.255. The fourth-order valence-electron chi connectivity index (χ4n) is 2.40. The van der Waals surface area contributed by atoms with Crippen LogP contribution in [0, 0.1) is 0 Å². The molecular weight excluding hydrogens is 326 g/mol. The smallest absolute Gasteiger partial charge is 0.274 e. The van der Waals surface area contributed by atoms with Gasteiger partial charge < -0.3 is 15.4 Å². The van der Waals surface area contributed by atoms with Crippen molar-refractivity contribution in [2.75, 3.05) is 10.6 Å². The number of anilines is 2. The lowest BCUT2D eigenvalue weighted by Gasteiger charge is -2.11. The largest absolute Gasteiger partial charge is 0.457 e. The fourth-order valence-corrected chi connectivity index (χ4v) is 2.40. The van der Waals surface area contributed by atoms with Gasteiger partial charge in [0.25, 0.3) is 5.91 Å². The SMILES string of the molecule is CC(C)Nc1ccnc(C(=O)Nc2ccc(Oc3ccccc3)cc2)c1. The quantitative estimate of drug-likeness (QED) is 0.662. The van der Waals surface area contributed by atoms with Gasteiger partial charge in [0.1, 0.15) is 17.2 Å². The fraction of sp³-hybridized carbons (Fsp3) is 0.143. The third-order valence-corrected chi connectivity index (χ3v) is 3.54. The summed E-state index contributed by atoms with van der Waals surface area (Å²) >= 11 is 0. The van der Waals surface area contributed by atoms with Crippen molar-refractivity contribution < 1.29 is 9.53 Å². The first-order valence-electron chi connectivity index (χ1n) is 8.47. The van der Waals surface area contributed by atoms with E-state index in [0.29, 0.717) is 17.1 Å². The Labute approximate surface area is 153 Å². The van der Waals surface area contributed by atoms with Crippen LogP contribution in [0.5, 0.6) is 11.5 Å². The highest BCUT2D eigenvalue weighted by molar-refractivity contribution is 6.03. The lowest BCUT2D eigenvalue weighted by molar-refractivity contribution is 0.102. The number of nitrogens with zero attached hydrogens (tertiary/aromatic N) is 1. The van der Waals surface area contributed by atoms with Gasteiger partial charge in [-0.25, -0.2) is 0 Å². The number of benzene rings is 2. The van der Waals surface area contributed by atoms with Gasteiger partial charge in [-0.3, -0.25) is 9.78 Å². The maximum absolute atomic E-state index is 12.4. The number of para-hydroxylation sites is 1. The molecular formula is C21H21N3O2. The number of hydrogen-bond acceptors (Lipinski definition) is 4. The highest BCUT2D eigenvalue weighted by Crippen LogP contribution is 2.23. The summed E-state index contributed by atoms with van der Waals surface area (Å²) in [6, 6.07) is 20.6. The number of ether oxygens (including phenoxy) is 1. The van der Waals surface area contributed by atoms with E-state index in [2.05, 4.69) is 15.6 Å². The van der Waals surface area contributed by atoms with Crippen LogP contribution in [-0.4, -0.2) is 16.9 Å². The molecule has 0 aliphatic carbocycles. The highest BCUT2D eigenvalue weighted by Gasteiger charge is 2.09. The number of amides is 1. The number of nitrogens with one attached hydrogen (secondary N) is 2. The molecule has 1 amide bonds. The standard InChI is InChI=1S/C21H21N3O2/c1-15(2)23-17-12-13-22-20(14-17)21(25)24-16-8-10-19(11-9-16)26-18-6-4-3-5-7-18/h3-15H,1-2H3,(H,22,23)(H,24,25). The molecule has 0 saturated carbocycles. The van der Waals surface area contributed by atoms with Crippen molar-refractivity contribution in [3.05, 3.63) is 78.6 Å². The van der Waals surface area contributed by atoms with Gasteiger partial charge >= 0.3 is 0 Å². The van der Waals surface area contributed by atoms with Gasteiger partial charge in [0.2, 0.25) is 0 Å². The summed E-state index contributed by atoms with van der Waals surface area (Å²) in [6.07, 6.45) is 1.62. The second-order valence-electron chi connectivity index (χ2n) is 6.12. The molecule has 0 spiro atoms. The summed E-state index contributed by atoms with van der Waals surface area (Å²) in [7, 11) is 0. The van der Waals surface area contributed by atoms with Crippen LogP contribution in [0.2, 0.25) is 0 Å². The summed E-state index contributed by atoms with van der Waals surface area (Å²) in [5.41, 5.74) is 1.91. The molecule has 0 unspecified atom stereocenters. The predicted molar refractivity (Wildman–Crippen MR) is 104 cm³/mol. The Bertz CT molecular complexity index is 862. The van der Waals surface area contributed by atoms with Gasteiger partial charge in [0, 0.05) is 23.6 Å². The van der Waals surface area contributed by atoms with Crippen LogP contribution in [-0.2, 0) is 0 Å². The van der Waals surface area contributed by atoms with Crippen LogP contribution >= 0.6 is 0 Å². The third kappa shape index (κ3) is 4.83. The molecule has 0 radical (unpaired) electrons. The third-order valence-electron chi connectivity index (χ3n) is 3.54. The van der Waals surface area contributed by atoms with Crippen LogP contribution in [0.1, 0.15) is 24.3 Å². The molecule has 1 aromatic heterocycles. The van der Waals surface area contributed by atoms with Gasteiger partial charge in [0.05, 0.1) is 0 Å². The van der Waals surface area contributed by atoms with E-state index >= 15 is 0 Å². The second-order valence-corrected chi connectivity index (χ2v) is 6.12. The normalized spacial score (nSPS) is 10.4. The Morgan fingerprint density at radius 3 is 2.31 bits per heavy atom. The number of rotatable bonds is 6. The van der Waals surface area contributed by atoms with E-state index in [9.17, 15) is 4.79 Å². The molecule has 5 heteroatoms. The molecule has 0 atom stereocenters. The van der Waals surface area contributed by atoms with Gasteiger partial charge in [0.15, 0.2) is 0 Å². The zero-order valence-electron chi connectivity index (χ0n) is 14.8. The number of aromatic nitrogens is 1. The molecule has 2 N–H and O–H groups in total. The van der Waals surface area contributed by atoms with E-state index in [1.54, 1.807) is 24.4 Å². The Hall–Kier alpha value is -3.34. The van der Waals surface area contributed by atoms with Crippen molar-refractivity contribution in [1.82, 2.24) is 4.98 Å². The van der Waals surface area contributed by atoms with Gasteiger partial charge in [-0.15, -0.1) is 0 Å². The van der Waals surface area contributed by atoms with E-state index in [1.807, 2.05) is 62.4 Å². The molecule has 132 valence electrons. The Balaban J connectivity index is 1.64. The first-order valence-corrected chi connectivity index (χ1v) is 8.47. The molecule has 0 bridgehead atoms. The van der Waals surface area contributed by atoms with Crippen molar-refractivity contribution in [1.29, 1.82) is 0 Å². The summed E-state index contributed by atoms with van der Waals surface area (Å²) in [4.78, 5) is 16.5. The predicted octanol–water partition coefficient (Wildman–Crippen LogP) is 4.95. The highest BCUT2D eigenvalue weighted by atomic mass is 16.5. The van der Waals surface area contributed by atoms with E-state index < -0.39 is 0 Å². The summed E-state index contributed by atoms with van der Waals surface area (Å²) in [6.45, 7) is 4.08. The van der Waals surface area contributed by atoms with Crippen molar-refractivity contribution in [2.45, 2.75) is 19.9 Å². The van der Waals surface area contributed by atoms with Crippen LogP contribution in [0.25, 0.3) is 0 Å². The number of carbonyl (C=O) groups is 1. The molecule has 26 heavy (non-hydrogen) atoms. The zero-order chi connectivity index (χ0) is 18.4. The van der Waals surface area contributed by atoms with Crippen molar-refractivity contribution >= 4 is 17.3 Å². The lowest BCUT2D eigenvalue weighted by atomic mass is 10.2. The molecule has 5 nitrogen and oxygen atoms in total. The van der Waals surface area contributed by atoms with Crippen LogP contribution in [0.15, 0.2) is 72.9 Å². The van der Waals surface area contributed by atoms with Crippen molar-refractivity contribution in [3.63, 3.8) is 0 Å². The lowest BCUT2D eigenvalue weighted by Crippen LogP contribution is -2.15. The van der Waals surface area contributed by atoms with Gasteiger partial charge in [-0.05, 0) is 62.4 Å². The minimum absolute atomic E-state index is 0.255. The maximum atomic E-state index is 12.4. The Morgan fingerprint density at radius 1 is 0.923 bits per heavy atom. The van der Waals surface area contributed by atoms with Crippen LogP contribution in [0.4, 0.5) is 11.4 Å². The van der Waals surface area contributed by atoms with Crippen LogP contribution < -0.4 is 15.4 Å². The molecule has 0 saturated heterocycles. The second kappa shape index (κ2) is 8.16. The minimum Gasteiger partial charge on any atom is -0.457 e. The molecule has 3 rings (SSSR count). The summed E-state index contributed by atoms with van der Waals surface area (Å²) in [5, 5.41) is 6.10. The van der Waals surface area contributed by atoms with E-state index in [0.717, 1.165) is 11.4 Å². The van der Waals surface area contributed by atoms with Crippen molar-refractivity contribution in [2.24, 2.45) is 0 Å². The summed E-state index contributed by atoms with van der Waals surface area (Å²) < 4.78 is 5.74. The van der Waals surface area contributed by atoms with Gasteiger partial charge in [-0.1, -0.05) is 18.2 Å². The number of carbonyl (C=O) groups excluding carboxylic acids is 1. The number of hydrogen-bond donors (Lipinski definition) is 2. The first-order chi connectivity index (χ1) is 12.6. The zero-order valence-corrected chi connectivity index (χ0v) is 14.8. The molecule has 0 aliphatic heterocycles. The molecule has 2 aromatic carbocycles. The average Bonchev–Trinajstić information content (AvgIpc) is 2.64.